The summed E-state index contributed by atoms with van der Waals surface area (Å²) in [5, 5.41) is 3.19. The molecule has 0 aromatic heterocycles. The van der Waals surface area contributed by atoms with Crippen LogP contribution in [0, 0.1) is 0 Å². The molecule has 21 heavy (non-hydrogen) atoms. The van der Waals surface area contributed by atoms with E-state index in [1.54, 1.807) is 18.2 Å². The monoisotopic (exact) mass is 367 g/mol. The van der Waals surface area contributed by atoms with Gasteiger partial charge in [0.1, 0.15) is 0 Å². The molecule has 0 fully saturated rings. The molecule has 2 unspecified atom stereocenters. The second-order valence-electron chi connectivity index (χ2n) is 5.99. The van der Waals surface area contributed by atoms with E-state index < -0.39 is 18.4 Å². The van der Waals surface area contributed by atoms with Crippen LogP contribution in [0.1, 0.15) is 39.4 Å². The number of halogens is 4. The highest BCUT2D eigenvalue weighted by atomic mass is 79.9. The van der Waals surface area contributed by atoms with Gasteiger partial charge in [0.2, 0.25) is 0 Å². The molecular weight excluding hydrogens is 347 g/mol. The number of nitrogens with one attached hydrogen (secondary N) is 1. The van der Waals surface area contributed by atoms with Crippen molar-refractivity contribution < 1.29 is 17.9 Å². The van der Waals surface area contributed by atoms with Gasteiger partial charge in [-0.2, -0.15) is 13.2 Å². The quantitative estimate of drug-likeness (QED) is 0.803. The minimum atomic E-state index is -4.37. The zero-order chi connectivity index (χ0) is 16.3. The Balaban J connectivity index is 2.89. The van der Waals surface area contributed by atoms with Crippen molar-refractivity contribution in [3.8, 4) is 0 Å². The highest BCUT2D eigenvalue weighted by molar-refractivity contribution is 9.10. The first kappa shape index (κ1) is 18.5. The van der Waals surface area contributed by atoms with Crippen LogP contribution in [-0.4, -0.2) is 24.4 Å². The lowest BCUT2D eigenvalue weighted by atomic mass is 10.1. The van der Waals surface area contributed by atoms with Crippen LogP contribution in [0.4, 0.5) is 13.2 Å². The van der Waals surface area contributed by atoms with Gasteiger partial charge in [0.15, 0.2) is 6.10 Å². The Labute approximate surface area is 132 Å². The summed E-state index contributed by atoms with van der Waals surface area (Å²) < 4.78 is 44.2. The standard InChI is InChI=1S/C15H21BrF3NO/c1-10(15(17,18)19)21-13(9-20-14(2,3)4)11-6-5-7-12(16)8-11/h5-8,10,13,20H,9H2,1-4H3. The van der Waals surface area contributed by atoms with Crippen LogP contribution >= 0.6 is 15.9 Å². The summed E-state index contributed by atoms with van der Waals surface area (Å²) in [4.78, 5) is 0. The maximum absolute atomic E-state index is 12.7. The van der Waals surface area contributed by atoms with Crippen LogP contribution in [0.5, 0.6) is 0 Å². The average molecular weight is 368 g/mol. The second-order valence-corrected chi connectivity index (χ2v) is 6.91. The molecule has 1 aromatic rings. The lowest BCUT2D eigenvalue weighted by molar-refractivity contribution is -0.227. The highest BCUT2D eigenvalue weighted by Crippen LogP contribution is 2.29. The molecule has 1 N–H and O–H groups in total. The Kier molecular flexibility index (Phi) is 6.25. The molecule has 6 heteroatoms. The maximum atomic E-state index is 12.7. The third-order valence-electron chi connectivity index (χ3n) is 2.87. The zero-order valence-electron chi connectivity index (χ0n) is 12.6. The predicted octanol–water partition coefficient (Wildman–Crippen LogP) is 4.85. The molecule has 0 bridgehead atoms. The molecule has 0 aliphatic rings. The number of hydrogen-bond acceptors (Lipinski definition) is 2. The molecule has 0 aliphatic heterocycles. The minimum Gasteiger partial charge on any atom is -0.360 e. The number of alkyl halides is 3. The van der Waals surface area contributed by atoms with Gasteiger partial charge < -0.3 is 10.1 Å². The molecule has 0 spiro atoms. The van der Waals surface area contributed by atoms with E-state index in [1.807, 2.05) is 26.8 Å². The van der Waals surface area contributed by atoms with Gasteiger partial charge in [-0.05, 0) is 45.4 Å². The van der Waals surface area contributed by atoms with Gasteiger partial charge in [-0.15, -0.1) is 0 Å². The van der Waals surface area contributed by atoms with Crippen LogP contribution in [0.15, 0.2) is 28.7 Å². The third-order valence-corrected chi connectivity index (χ3v) is 3.36. The first-order valence-electron chi connectivity index (χ1n) is 6.72. The van der Waals surface area contributed by atoms with Gasteiger partial charge in [-0.25, -0.2) is 0 Å². The number of hydrogen-bond donors (Lipinski definition) is 1. The fourth-order valence-corrected chi connectivity index (χ4v) is 2.09. The smallest absolute Gasteiger partial charge is 0.360 e. The van der Waals surface area contributed by atoms with E-state index >= 15 is 0 Å². The van der Waals surface area contributed by atoms with E-state index in [4.69, 9.17) is 4.74 Å². The molecule has 0 saturated carbocycles. The SMILES string of the molecule is CC(OC(CNC(C)(C)C)c1cccc(Br)c1)C(F)(F)F. The summed E-state index contributed by atoms with van der Waals surface area (Å²) in [6.45, 7) is 7.21. The van der Waals surface area contributed by atoms with E-state index in [2.05, 4.69) is 21.2 Å². The van der Waals surface area contributed by atoms with Crippen LogP contribution in [-0.2, 0) is 4.74 Å². The van der Waals surface area contributed by atoms with Crippen molar-refractivity contribution in [3.63, 3.8) is 0 Å². The molecule has 0 saturated heterocycles. The Bertz CT molecular complexity index is 457. The molecule has 120 valence electrons. The van der Waals surface area contributed by atoms with Gasteiger partial charge in [0.25, 0.3) is 0 Å². The van der Waals surface area contributed by atoms with Gasteiger partial charge in [-0.3, -0.25) is 0 Å². The molecule has 0 heterocycles. The maximum Gasteiger partial charge on any atom is 0.414 e. The topological polar surface area (TPSA) is 21.3 Å². The van der Waals surface area contributed by atoms with E-state index in [9.17, 15) is 13.2 Å². The van der Waals surface area contributed by atoms with Crippen LogP contribution < -0.4 is 5.32 Å². The number of benzene rings is 1. The van der Waals surface area contributed by atoms with Crippen LogP contribution in [0.3, 0.4) is 0 Å². The molecule has 0 radical (unpaired) electrons. The fraction of sp³-hybridized carbons (Fsp3) is 0.600. The summed E-state index contributed by atoms with van der Waals surface area (Å²) in [6, 6.07) is 7.15. The first-order chi connectivity index (χ1) is 9.49. The van der Waals surface area contributed by atoms with Gasteiger partial charge in [-0.1, -0.05) is 28.1 Å². The van der Waals surface area contributed by atoms with Crippen LogP contribution in [0.2, 0.25) is 0 Å². The lowest BCUT2D eigenvalue weighted by Crippen LogP contribution is -2.41. The Morgan fingerprint density at radius 2 is 1.86 bits per heavy atom. The minimum absolute atomic E-state index is 0.199. The molecule has 1 rings (SSSR count). The Hall–Kier alpha value is -0.590. The van der Waals surface area contributed by atoms with Crippen molar-refractivity contribution in [2.24, 2.45) is 0 Å². The normalized spacial score (nSPS) is 15.8. The zero-order valence-corrected chi connectivity index (χ0v) is 14.2. The largest absolute Gasteiger partial charge is 0.414 e. The molecular formula is C15H21BrF3NO. The van der Waals surface area contributed by atoms with E-state index in [0.29, 0.717) is 12.1 Å². The predicted molar refractivity (Wildman–Crippen MR) is 81.2 cm³/mol. The van der Waals surface area contributed by atoms with Crippen molar-refractivity contribution in [2.75, 3.05) is 6.54 Å². The second kappa shape index (κ2) is 7.11. The van der Waals surface area contributed by atoms with E-state index in [0.717, 1.165) is 11.4 Å². The van der Waals surface area contributed by atoms with Crippen molar-refractivity contribution in [1.29, 1.82) is 0 Å². The van der Waals surface area contributed by atoms with Crippen LogP contribution in [0.25, 0.3) is 0 Å². The first-order valence-corrected chi connectivity index (χ1v) is 7.51. The van der Waals surface area contributed by atoms with Crippen molar-refractivity contribution >= 4 is 15.9 Å². The summed E-state index contributed by atoms with van der Waals surface area (Å²) in [5.41, 5.74) is 0.506. The Morgan fingerprint density at radius 3 is 2.33 bits per heavy atom. The van der Waals surface area contributed by atoms with Crippen molar-refractivity contribution in [2.45, 2.75) is 51.6 Å². The summed E-state index contributed by atoms with van der Waals surface area (Å²) in [7, 11) is 0. The van der Waals surface area contributed by atoms with Gasteiger partial charge in [0, 0.05) is 16.6 Å². The molecule has 2 atom stereocenters. The van der Waals surface area contributed by atoms with Crippen molar-refractivity contribution in [3.05, 3.63) is 34.3 Å². The molecule has 2 nitrogen and oxygen atoms in total. The van der Waals surface area contributed by atoms with E-state index in [1.165, 1.54) is 0 Å². The highest BCUT2D eigenvalue weighted by Gasteiger charge is 2.38. The molecule has 0 aliphatic carbocycles. The summed E-state index contributed by atoms with van der Waals surface area (Å²) in [6.07, 6.45) is -6.85. The van der Waals surface area contributed by atoms with Gasteiger partial charge in [0.05, 0.1) is 6.10 Å². The van der Waals surface area contributed by atoms with Crippen molar-refractivity contribution in [1.82, 2.24) is 5.32 Å². The summed E-state index contributed by atoms with van der Waals surface area (Å²) in [5.74, 6) is 0. The third kappa shape index (κ3) is 6.80. The number of ether oxygens (including phenoxy) is 1. The molecule has 1 aromatic carbocycles. The average Bonchev–Trinajstić information content (AvgIpc) is 2.31. The van der Waals surface area contributed by atoms with E-state index in [-0.39, 0.29) is 5.54 Å². The lowest BCUT2D eigenvalue weighted by Gasteiger charge is -2.28. The Morgan fingerprint density at radius 1 is 1.24 bits per heavy atom. The summed E-state index contributed by atoms with van der Waals surface area (Å²) >= 11 is 3.33. The van der Waals surface area contributed by atoms with Gasteiger partial charge >= 0.3 is 6.18 Å². The number of rotatable bonds is 5. The molecule has 0 amide bonds. The fourth-order valence-electron chi connectivity index (χ4n) is 1.67.